The standard InChI is InChI=1S/C13H19NO3S/c1-13(16,10-18-2)9-14-12(15)8-17-11-6-4-3-5-7-11/h3-7,16H,8-10H2,1-2H3,(H,14,15). The predicted octanol–water partition coefficient (Wildman–Crippen LogP) is 1.30. The first-order valence-corrected chi connectivity index (χ1v) is 7.09. The van der Waals surface area contributed by atoms with Gasteiger partial charge in [0.2, 0.25) is 0 Å². The van der Waals surface area contributed by atoms with Crippen molar-refractivity contribution < 1.29 is 14.6 Å². The highest BCUT2D eigenvalue weighted by atomic mass is 32.2. The monoisotopic (exact) mass is 269 g/mol. The third-order valence-corrected chi connectivity index (χ3v) is 3.15. The first-order chi connectivity index (χ1) is 8.53. The number of ether oxygens (including phenoxy) is 1. The van der Waals surface area contributed by atoms with Gasteiger partial charge in [-0.3, -0.25) is 4.79 Å². The largest absolute Gasteiger partial charge is 0.484 e. The Morgan fingerprint density at radius 2 is 2.11 bits per heavy atom. The molecule has 1 unspecified atom stereocenters. The van der Waals surface area contributed by atoms with Crippen LogP contribution in [-0.2, 0) is 4.79 Å². The molecule has 100 valence electrons. The lowest BCUT2D eigenvalue weighted by Gasteiger charge is -2.22. The predicted molar refractivity (Wildman–Crippen MR) is 74.0 cm³/mol. The number of amides is 1. The van der Waals surface area contributed by atoms with Crippen molar-refractivity contribution in [3.8, 4) is 5.75 Å². The third-order valence-electron chi connectivity index (χ3n) is 2.23. The van der Waals surface area contributed by atoms with Gasteiger partial charge in [0, 0.05) is 12.3 Å². The molecule has 0 aliphatic heterocycles. The molecule has 0 bridgehead atoms. The van der Waals surface area contributed by atoms with Crippen LogP contribution in [-0.4, -0.2) is 41.8 Å². The Kier molecular flexibility index (Phi) is 6.01. The summed E-state index contributed by atoms with van der Waals surface area (Å²) in [7, 11) is 0. The Morgan fingerprint density at radius 1 is 1.44 bits per heavy atom. The average Bonchev–Trinajstić information content (AvgIpc) is 2.35. The average molecular weight is 269 g/mol. The fourth-order valence-electron chi connectivity index (χ4n) is 1.37. The molecule has 0 aliphatic rings. The molecule has 0 saturated carbocycles. The fourth-order valence-corrected chi connectivity index (χ4v) is 2.09. The van der Waals surface area contributed by atoms with Crippen molar-refractivity contribution in [2.24, 2.45) is 0 Å². The molecule has 1 aromatic rings. The van der Waals surface area contributed by atoms with Gasteiger partial charge < -0.3 is 15.2 Å². The second-order valence-electron chi connectivity index (χ2n) is 4.31. The fraction of sp³-hybridized carbons (Fsp3) is 0.462. The number of para-hydroxylation sites is 1. The van der Waals surface area contributed by atoms with E-state index in [9.17, 15) is 9.90 Å². The molecule has 4 nitrogen and oxygen atoms in total. The normalized spacial score (nSPS) is 13.7. The van der Waals surface area contributed by atoms with Crippen LogP contribution in [0, 0.1) is 0 Å². The molecule has 0 aromatic heterocycles. The van der Waals surface area contributed by atoms with Gasteiger partial charge in [-0.15, -0.1) is 0 Å². The Labute approximate surface area is 112 Å². The molecule has 0 heterocycles. The SMILES string of the molecule is CSCC(C)(O)CNC(=O)COc1ccccc1. The minimum atomic E-state index is -0.887. The smallest absolute Gasteiger partial charge is 0.258 e. The topological polar surface area (TPSA) is 58.6 Å². The Bertz CT molecular complexity index is 368. The Hall–Kier alpha value is -1.20. The van der Waals surface area contributed by atoms with Crippen molar-refractivity contribution in [1.29, 1.82) is 0 Å². The summed E-state index contributed by atoms with van der Waals surface area (Å²) in [6.45, 7) is 1.88. The minimum Gasteiger partial charge on any atom is -0.484 e. The van der Waals surface area contributed by atoms with Gasteiger partial charge in [-0.05, 0) is 25.3 Å². The molecule has 1 aromatic carbocycles. The van der Waals surface area contributed by atoms with Crippen LogP contribution in [0.4, 0.5) is 0 Å². The van der Waals surface area contributed by atoms with E-state index in [0.29, 0.717) is 11.5 Å². The number of aliphatic hydroxyl groups is 1. The van der Waals surface area contributed by atoms with Gasteiger partial charge in [0.15, 0.2) is 6.61 Å². The van der Waals surface area contributed by atoms with Crippen LogP contribution in [0.1, 0.15) is 6.92 Å². The number of carbonyl (C=O) groups is 1. The summed E-state index contributed by atoms with van der Waals surface area (Å²) in [6.07, 6.45) is 1.91. The summed E-state index contributed by atoms with van der Waals surface area (Å²) in [4.78, 5) is 11.5. The molecule has 1 rings (SSSR count). The zero-order valence-corrected chi connectivity index (χ0v) is 11.5. The maximum Gasteiger partial charge on any atom is 0.258 e. The van der Waals surface area contributed by atoms with Gasteiger partial charge in [-0.2, -0.15) is 11.8 Å². The summed E-state index contributed by atoms with van der Waals surface area (Å²) in [5, 5.41) is 12.5. The van der Waals surface area contributed by atoms with Crippen LogP contribution < -0.4 is 10.1 Å². The van der Waals surface area contributed by atoms with Gasteiger partial charge in [-0.25, -0.2) is 0 Å². The second kappa shape index (κ2) is 7.28. The quantitative estimate of drug-likeness (QED) is 0.783. The number of nitrogens with one attached hydrogen (secondary N) is 1. The molecular weight excluding hydrogens is 250 g/mol. The van der Waals surface area contributed by atoms with Gasteiger partial charge in [0.25, 0.3) is 5.91 Å². The summed E-state index contributed by atoms with van der Waals surface area (Å²) < 4.78 is 5.29. The van der Waals surface area contributed by atoms with Crippen molar-refractivity contribution in [3.05, 3.63) is 30.3 Å². The highest BCUT2D eigenvalue weighted by molar-refractivity contribution is 7.98. The van der Waals surface area contributed by atoms with E-state index in [1.54, 1.807) is 19.1 Å². The van der Waals surface area contributed by atoms with Crippen molar-refractivity contribution in [2.75, 3.05) is 25.2 Å². The van der Waals surface area contributed by atoms with Crippen molar-refractivity contribution in [2.45, 2.75) is 12.5 Å². The molecule has 1 amide bonds. The van der Waals surface area contributed by atoms with Gasteiger partial charge in [0.1, 0.15) is 5.75 Å². The van der Waals surface area contributed by atoms with E-state index in [1.807, 2.05) is 24.5 Å². The van der Waals surface area contributed by atoms with Gasteiger partial charge in [0.05, 0.1) is 5.60 Å². The highest BCUT2D eigenvalue weighted by Crippen LogP contribution is 2.09. The first kappa shape index (κ1) is 14.9. The second-order valence-corrected chi connectivity index (χ2v) is 5.17. The zero-order valence-electron chi connectivity index (χ0n) is 10.7. The van der Waals surface area contributed by atoms with E-state index in [4.69, 9.17) is 4.74 Å². The lowest BCUT2D eigenvalue weighted by Crippen LogP contribution is -2.43. The van der Waals surface area contributed by atoms with Crippen LogP contribution in [0.2, 0.25) is 0 Å². The lowest BCUT2D eigenvalue weighted by molar-refractivity contribution is -0.124. The molecule has 0 fully saturated rings. The van der Waals surface area contributed by atoms with E-state index >= 15 is 0 Å². The summed E-state index contributed by atoms with van der Waals surface area (Å²) in [5.41, 5.74) is -0.887. The molecule has 2 N–H and O–H groups in total. The van der Waals surface area contributed by atoms with E-state index in [0.717, 1.165) is 0 Å². The van der Waals surface area contributed by atoms with E-state index in [-0.39, 0.29) is 19.1 Å². The zero-order chi connectivity index (χ0) is 13.4. The van der Waals surface area contributed by atoms with E-state index in [1.165, 1.54) is 11.8 Å². The minimum absolute atomic E-state index is 0.0423. The van der Waals surface area contributed by atoms with Crippen molar-refractivity contribution >= 4 is 17.7 Å². The van der Waals surface area contributed by atoms with Crippen LogP contribution >= 0.6 is 11.8 Å². The van der Waals surface area contributed by atoms with Crippen LogP contribution in [0.25, 0.3) is 0 Å². The van der Waals surface area contributed by atoms with Crippen molar-refractivity contribution in [1.82, 2.24) is 5.32 Å². The van der Waals surface area contributed by atoms with Gasteiger partial charge >= 0.3 is 0 Å². The summed E-state index contributed by atoms with van der Waals surface area (Å²) in [5.74, 6) is 0.996. The molecule has 18 heavy (non-hydrogen) atoms. The number of rotatable bonds is 7. The molecule has 1 atom stereocenters. The number of hydrogen-bond acceptors (Lipinski definition) is 4. The number of hydrogen-bond donors (Lipinski definition) is 2. The molecular formula is C13H19NO3S. The van der Waals surface area contributed by atoms with Crippen LogP contribution in [0.5, 0.6) is 5.75 Å². The number of thioether (sulfide) groups is 1. The summed E-state index contributed by atoms with van der Waals surface area (Å²) in [6, 6.07) is 9.15. The van der Waals surface area contributed by atoms with E-state index in [2.05, 4.69) is 5.32 Å². The molecule has 0 saturated heterocycles. The summed E-state index contributed by atoms with van der Waals surface area (Å²) >= 11 is 1.54. The Morgan fingerprint density at radius 3 is 2.72 bits per heavy atom. The molecule has 0 spiro atoms. The molecule has 0 radical (unpaired) electrons. The maximum absolute atomic E-state index is 11.5. The number of benzene rings is 1. The first-order valence-electron chi connectivity index (χ1n) is 5.69. The lowest BCUT2D eigenvalue weighted by atomic mass is 10.1. The highest BCUT2D eigenvalue weighted by Gasteiger charge is 2.20. The Balaban J connectivity index is 2.26. The number of carbonyl (C=O) groups excluding carboxylic acids is 1. The van der Waals surface area contributed by atoms with Crippen molar-refractivity contribution in [3.63, 3.8) is 0 Å². The molecule has 5 heteroatoms. The van der Waals surface area contributed by atoms with Crippen LogP contribution in [0.3, 0.4) is 0 Å². The third kappa shape index (κ3) is 5.93. The maximum atomic E-state index is 11.5. The van der Waals surface area contributed by atoms with Crippen LogP contribution in [0.15, 0.2) is 30.3 Å². The molecule has 0 aliphatic carbocycles. The van der Waals surface area contributed by atoms with Gasteiger partial charge in [-0.1, -0.05) is 18.2 Å². The van der Waals surface area contributed by atoms with E-state index < -0.39 is 5.60 Å².